The number of aromatic nitrogens is 3. The molecule has 0 spiro atoms. The van der Waals surface area contributed by atoms with Crippen LogP contribution < -0.4 is 14.8 Å². The number of halogens is 1. The number of benzene rings is 2. The van der Waals surface area contributed by atoms with Gasteiger partial charge in [0.15, 0.2) is 11.5 Å². The van der Waals surface area contributed by atoms with Gasteiger partial charge in [-0.3, -0.25) is 4.79 Å². The second-order valence-corrected chi connectivity index (χ2v) is 6.46. The lowest BCUT2D eigenvalue weighted by Gasteiger charge is -2.17. The molecule has 0 aliphatic carbocycles. The summed E-state index contributed by atoms with van der Waals surface area (Å²) in [5.74, 6) is 0.598. The maximum atomic E-state index is 12.7. The van der Waals surface area contributed by atoms with Crippen molar-refractivity contribution in [3.8, 4) is 17.2 Å². The van der Waals surface area contributed by atoms with E-state index in [1.807, 2.05) is 38.1 Å². The monoisotopic (exact) mass is 400 g/mol. The first-order chi connectivity index (χ1) is 13.5. The van der Waals surface area contributed by atoms with Gasteiger partial charge < -0.3 is 14.8 Å². The van der Waals surface area contributed by atoms with Crippen molar-refractivity contribution < 1.29 is 14.3 Å². The van der Waals surface area contributed by atoms with E-state index in [4.69, 9.17) is 21.1 Å². The molecule has 1 N–H and O–H groups in total. The lowest BCUT2D eigenvalue weighted by atomic mass is 10.1. The van der Waals surface area contributed by atoms with Gasteiger partial charge in [0.25, 0.3) is 5.91 Å². The number of rotatable bonds is 7. The van der Waals surface area contributed by atoms with Gasteiger partial charge >= 0.3 is 0 Å². The van der Waals surface area contributed by atoms with Crippen molar-refractivity contribution in [2.75, 3.05) is 13.7 Å². The smallest absolute Gasteiger partial charge is 0.251 e. The van der Waals surface area contributed by atoms with Gasteiger partial charge in [-0.05, 0) is 43.7 Å². The van der Waals surface area contributed by atoms with Crippen molar-refractivity contribution in [1.82, 2.24) is 20.1 Å². The Labute approximate surface area is 168 Å². The molecule has 0 bridgehead atoms. The molecular weight excluding hydrogens is 380 g/mol. The van der Waals surface area contributed by atoms with Crippen LogP contribution in [0.25, 0.3) is 5.69 Å². The number of nitrogens with zero attached hydrogens (tertiary/aromatic N) is 3. The largest absolute Gasteiger partial charge is 0.493 e. The average molecular weight is 401 g/mol. The van der Waals surface area contributed by atoms with Gasteiger partial charge in [-0.25, -0.2) is 9.67 Å². The molecule has 0 aliphatic rings. The summed E-state index contributed by atoms with van der Waals surface area (Å²) in [6.45, 7) is 4.21. The third-order valence-electron chi connectivity index (χ3n) is 4.20. The number of carbonyl (C=O) groups is 1. The molecule has 146 valence electrons. The standard InChI is InChI=1S/C20H21ClN4O3/c1-4-28-19-17(21)9-15(10-18(19)27-3)20(26)24-13(2)14-5-7-16(8-6-14)25-12-22-11-23-25/h5-13H,4H2,1-3H3,(H,24,26). The zero-order chi connectivity index (χ0) is 20.1. The molecule has 8 heteroatoms. The minimum absolute atomic E-state index is 0.200. The quantitative estimate of drug-likeness (QED) is 0.652. The number of amides is 1. The molecule has 0 radical (unpaired) electrons. The maximum Gasteiger partial charge on any atom is 0.251 e. The molecule has 1 heterocycles. The Balaban J connectivity index is 1.74. The van der Waals surface area contributed by atoms with Crippen LogP contribution in [0.1, 0.15) is 35.8 Å². The van der Waals surface area contributed by atoms with E-state index in [2.05, 4.69) is 15.4 Å². The van der Waals surface area contributed by atoms with E-state index in [0.29, 0.717) is 28.7 Å². The van der Waals surface area contributed by atoms with E-state index in [1.165, 1.54) is 13.4 Å². The highest BCUT2D eigenvalue weighted by molar-refractivity contribution is 6.32. The summed E-state index contributed by atoms with van der Waals surface area (Å²) in [6.07, 6.45) is 3.11. The molecule has 28 heavy (non-hydrogen) atoms. The fourth-order valence-electron chi connectivity index (χ4n) is 2.76. The fourth-order valence-corrected chi connectivity index (χ4v) is 3.02. The van der Waals surface area contributed by atoms with Crippen LogP contribution in [-0.2, 0) is 0 Å². The van der Waals surface area contributed by atoms with Crippen molar-refractivity contribution in [2.45, 2.75) is 19.9 Å². The van der Waals surface area contributed by atoms with Crippen molar-refractivity contribution in [2.24, 2.45) is 0 Å². The Kier molecular flexibility index (Phi) is 6.16. The molecule has 3 rings (SSSR count). The van der Waals surface area contributed by atoms with Crippen LogP contribution >= 0.6 is 11.6 Å². The Hall–Kier alpha value is -3.06. The fraction of sp³-hybridized carbons (Fsp3) is 0.250. The van der Waals surface area contributed by atoms with Crippen molar-refractivity contribution in [1.29, 1.82) is 0 Å². The van der Waals surface area contributed by atoms with Gasteiger partial charge in [0, 0.05) is 5.56 Å². The molecule has 1 unspecified atom stereocenters. The zero-order valence-corrected chi connectivity index (χ0v) is 16.6. The molecule has 0 saturated carbocycles. The first-order valence-electron chi connectivity index (χ1n) is 8.79. The summed E-state index contributed by atoms with van der Waals surface area (Å²) < 4.78 is 12.5. The normalized spacial score (nSPS) is 11.7. The van der Waals surface area contributed by atoms with Crippen LogP contribution in [0.3, 0.4) is 0 Å². The van der Waals surface area contributed by atoms with Crippen molar-refractivity contribution in [3.63, 3.8) is 0 Å². The highest BCUT2D eigenvalue weighted by atomic mass is 35.5. The first-order valence-corrected chi connectivity index (χ1v) is 9.17. The first kappa shape index (κ1) is 19.7. The van der Waals surface area contributed by atoms with Crippen molar-refractivity contribution in [3.05, 3.63) is 65.2 Å². The van der Waals surface area contributed by atoms with Gasteiger partial charge in [0.05, 0.1) is 30.5 Å². The van der Waals surface area contributed by atoms with E-state index in [1.54, 1.807) is 23.1 Å². The number of nitrogens with one attached hydrogen (secondary N) is 1. The van der Waals surface area contributed by atoms with Gasteiger partial charge in [0.1, 0.15) is 12.7 Å². The molecule has 2 aromatic carbocycles. The Morgan fingerprint density at radius 1 is 1.29 bits per heavy atom. The van der Waals surface area contributed by atoms with Gasteiger partial charge in [0.2, 0.25) is 0 Å². The van der Waals surface area contributed by atoms with E-state index in [0.717, 1.165) is 11.3 Å². The predicted octanol–water partition coefficient (Wildman–Crippen LogP) is 3.82. The molecule has 1 aromatic heterocycles. The maximum absolute atomic E-state index is 12.7. The summed E-state index contributed by atoms with van der Waals surface area (Å²) in [5.41, 5.74) is 2.25. The average Bonchev–Trinajstić information content (AvgIpc) is 3.24. The van der Waals surface area contributed by atoms with E-state index in [-0.39, 0.29) is 11.9 Å². The topological polar surface area (TPSA) is 78.3 Å². The summed E-state index contributed by atoms with van der Waals surface area (Å²) in [7, 11) is 1.51. The second-order valence-electron chi connectivity index (χ2n) is 6.05. The zero-order valence-electron chi connectivity index (χ0n) is 15.8. The molecule has 0 aliphatic heterocycles. The minimum atomic E-state index is -0.254. The Morgan fingerprint density at radius 2 is 2.04 bits per heavy atom. The van der Waals surface area contributed by atoms with E-state index in [9.17, 15) is 4.79 Å². The van der Waals surface area contributed by atoms with Crippen molar-refractivity contribution >= 4 is 17.5 Å². The van der Waals surface area contributed by atoms with Crippen LogP contribution in [0.2, 0.25) is 5.02 Å². The molecular formula is C20H21ClN4O3. The van der Waals surface area contributed by atoms with Gasteiger partial charge in [-0.15, -0.1) is 0 Å². The van der Waals surface area contributed by atoms with Crippen LogP contribution in [0.4, 0.5) is 0 Å². The second kappa shape index (κ2) is 8.75. The summed E-state index contributed by atoms with van der Waals surface area (Å²) in [4.78, 5) is 16.6. The third-order valence-corrected chi connectivity index (χ3v) is 4.49. The highest BCUT2D eigenvalue weighted by Gasteiger charge is 2.17. The lowest BCUT2D eigenvalue weighted by molar-refractivity contribution is 0.0939. The molecule has 3 aromatic rings. The number of ether oxygens (including phenoxy) is 2. The molecule has 0 saturated heterocycles. The van der Waals surface area contributed by atoms with Crippen LogP contribution in [0, 0.1) is 0 Å². The summed E-state index contributed by atoms with van der Waals surface area (Å²) in [6, 6.07) is 10.7. The predicted molar refractivity (Wildman–Crippen MR) is 106 cm³/mol. The number of hydrogen-bond acceptors (Lipinski definition) is 5. The Morgan fingerprint density at radius 3 is 2.64 bits per heavy atom. The third kappa shape index (κ3) is 4.26. The number of hydrogen-bond donors (Lipinski definition) is 1. The van der Waals surface area contributed by atoms with Crippen LogP contribution in [0.5, 0.6) is 11.5 Å². The molecule has 1 amide bonds. The summed E-state index contributed by atoms with van der Waals surface area (Å²) >= 11 is 6.26. The lowest BCUT2D eigenvalue weighted by Crippen LogP contribution is -2.26. The molecule has 0 fully saturated rings. The van der Waals surface area contributed by atoms with E-state index < -0.39 is 0 Å². The Bertz CT molecular complexity index is 943. The SMILES string of the molecule is CCOc1c(Cl)cc(C(=O)NC(C)c2ccc(-n3cncn3)cc2)cc1OC. The van der Waals surface area contributed by atoms with Gasteiger partial charge in [-0.1, -0.05) is 23.7 Å². The minimum Gasteiger partial charge on any atom is -0.493 e. The number of methoxy groups -OCH3 is 1. The number of carbonyl (C=O) groups excluding carboxylic acids is 1. The van der Waals surface area contributed by atoms with Crippen LogP contribution in [-0.4, -0.2) is 34.4 Å². The highest BCUT2D eigenvalue weighted by Crippen LogP contribution is 2.36. The molecule has 1 atom stereocenters. The van der Waals surface area contributed by atoms with Crippen LogP contribution in [0.15, 0.2) is 49.1 Å². The van der Waals surface area contributed by atoms with E-state index >= 15 is 0 Å². The summed E-state index contributed by atoms with van der Waals surface area (Å²) in [5, 5.41) is 7.39. The molecule has 7 nitrogen and oxygen atoms in total. The van der Waals surface area contributed by atoms with Gasteiger partial charge in [-0.2, -0.15) is 5.10 Å².